The number of nitrogens with zero attached hydrogens (tertiary/aromatic N) is 3. The van der Waals surface area contributed by atoms with E-state index in [1.807, 2.05) is 0 Å². The largest absolute Gasteiger partial charge is 0.493 e. The maximum Gasteiger partial charge on any atom is 0.238 e. The number of amides is 1. The van der Waals surface area contributed by atoms with E-state index < -0.39 is 17.0 Å². The third-order valence-corrected chi connectivity index (χ3v) is 8.29. The molecule has 242 valence electrons. The molecular formula is C34H38F2N6O4. The van der Waals surface area contributed by atoms with Crippen molar-refractivity contribution >= 4 is 34.0 Å². The van der Waals surface area contributed by atoms with Gasteiger partial charge in [-0.1, -0.05) is 20.3 Å². The molecule has 0 radical (unpaired) electrons. The second-order valence-corrected chi connectivity index (χ2v) is 11.1. The van der Waals surface area contributed by atoms with Crippen LogP contribution in [0.4, 0.5) is 20.2 Å². The van der Waals surface area contributed by atoms with Crippen LogP contribution in [0.5, 0.6) is 23.1 Å². The number of methoxy groups -OCH3 is 1. The van der Waals surface area contributed by atoms with Gasteiger partial charge in [-0.05, 0) is 74.8 Å². The molecule has 1 aromatic heterocycles. The van der Waals surface area contributed by atoms with Gasteiger partial charge in [0.25, 0.3) is 0 Å². The summed E-state index contributed by atoms with van der Waals surface area (Å²) in [5.74, 6) is -0.462. The maximum absolute atomic E-state index is 15.3. The van der Waals surface area contributed by atoms with Crippen molar-refractivity contribution in [2.75, 3.05) is 44.0 Å². The fraction of sp³-hybridized carbons (Fsp3) is 0.353. The van der Waals surface area contributed by atoms with Crippen LogP contribution in [-0.2, 0) is 4.79 Å². The Kier molecular flexibility index (Phi) is 10.3. The number of carbonyl (C=O) groups excluding carboxylic acids is 1. The van der Waals surface area contributed by atoms with Crippen molar-refractivity contribution in [2.45, 2.75) is 39.5 Å². The second-order valence-electron chi connectivity index (χ2n) is 11.1. The number of hydrogen-bond donors (Lipinski definition) is 3. The van der Waals surface area contributed by atoms with Gasteiger partial charge in [0.1, 0.15) is 23.4 Å². The van der Waals surface area contributed by atoms with E-state index in [1.54, 1.807) is 18.2 Å². The summed E-state index contributed by atoms with van der Waals surface area (Å²) in [4.78, 5) is 24.0. The molecule has 0 aliphatic heterocycles. The number of ether oxygens (including phenoxy) is 3. The first-order chi connectivity index (χ1) is 22.3. The van der Waals surface area contributed by atoms with Crippen LogP contribution in [0.15, 0.2) is 60.9 Å². The lowest BCUT2D eigenvalue weighted by Crippen LogP contribution is -2.50. The number of halogens is 2. The lowest BCUT2D eigenvalue weighted by Gasteiger charge is -2.40. The van der Waals surface area contributed by atoms with Crippen LogP contribution in [0.3, 0.4) is 0 Å². The first-order valence-corrected chi connectivity index (χ1v) is 15.3. The van der Waals surface area contributed by atoms with Crippen molar-refractivity contribution < 1.29 is 27.8 Å². The topological polar surface area (TPSA) is 122 Å². The van der Waals surface area contributed by atoms with Gasteiger partial charge in [-0.2, -0.15) is 0 Å². The summed E-state index contributed by atoms with van der Waals surface area (Å²) in [6.07, 6.45) is 3.88. The zero-order chi connectivity index (χ0) is 32.7. The number of benzene rings is 3. The molecule has 46 heavy (non-hydrogen) atoms. The van der Waals surface area contributed by atoms with E-state index >= 15 is 4.39 Å². The number of aromatic nitrogens is 2. The molecule has 10 nitrogen and oxygen atoms in total. The highest BCUT2D eigenvalue weighted by molar-refractivity contribution is 6.16. The third-order valence-electron chi connectivity index (χ3n) is 8.29. The number of fused-ring (bicyclic) bond motifs is 1. The van der Waals surface area contributed by atoms with E-state index in [4.69, 9.17) is 19.6 Å². The molecular weight excluding hydrogens is 594 g/mol. The van der Waals surface area contributed by atoms with Gasteiger partial charge < -0.3 is 29.7 Å². The fourth-order valence-electron chi connectivity index (χ4n) is 5.34. The van der Waals surface area contributed by atoms with Gasteiger partial charge in [-0.25, -0.2) is 18.7 Å². The number of amidine groups is 1. The Morgan fingerprint density at radius 2 is 1.70 bits per heavy atom. The van der Waals surface area contributed by atoms with Crippen molar-refractivity contribution in [2.24, 2.45) is 5.41 Å². The van der Waals surface area contributed by atoms with Gasteiger partial charge in [0.2, 0.25) is 11.8 Å². The van der Waals surface area contributed by atoms with Gasteiger partial charge in [0, 0.05) is 30.1 Å². The molecule has 1 amide bonds. The number of carbonyl (C=O) groups is 1. The van der Waals surface area contributed by atoms with E-state index in [0.29, 0.717) is 47.5 Å². The molecule has 0 saturated heterocycles. The van der Waals surface area contributed by atoms with E-state index in [0.717, 1.165) is 32.5 Å². The molecule has 0 spiro atoms. The molecule has 1 saturated carbocycles. The summed E-state index contributed by atoms with van der Waals surface area (Å²) < 4.78 is 46.0. The standard InChI is InChI=1S/C34H38F2N6O4/c1-4-42(5-2)16-7-17-45-30-20-27-25(19-29(30)44-3)31(39-21-38-27)46-28-13-12-24(18-26(28)36)40-32(37)34(14-6-15-34)33(43)41-23-10-8-22(35)9-11-23/h8-13,18-21H,4-7,14-17H2,1-3H3,(H2,37,40)(H,41,43). The fourth-order valence-corrected chi connectivity index (χ4v) is 5.34. The number of nitrogens with one attached hydrogen (secondary N) is 3. The van der Waals surface area contributed by atoms with Crippen LogP contribution >= 0.6 is 0 Å². The van der Waals surface area contributed by atoms with E-state index in [-0.39, 0.29) is 29.1 Å². The Morgan fingerprint density at radius 1 is 0.957 bits per heavy atom. The normalized spacial score (nSPS) is 13.6. The Morgan fingerprint density at radius 3 is 2.35 bits per heavy atom. The molecule has 3 N–H and O–H groups in total. The Hall–Kier alpha value is -4.84. The average molecular weight is 633 g/mol. The van der Waals surface area contributed by atoms with Gasteiger partial charge in [0.05, 0.1) is 24.6 Å². The van der Waals surface area contributed by atoms with Gasteiger partial charge in [0.15, 0.2) is 23.1 Å². The first kappa shape index (κ1) is 32.6. The second kappa shape index (κ2) is 14.5. The minimum absolute atomic E-state index is 0.0496. The lowest BCUT2D eigenvalue weighted by atomic mass is 9.67. The van der Waals surface area contributed by atoms with Gasteiger partial charge >= 0.3 is 0 Å². The monoisotopic (exact) mass is 632 g/mol. The van der Waals surface area contributed by atoms with E-state index in [1.165, 1.54) is 49.8 Å². The maximum atomic E-state index is 15.3. The van der Waals surface area contributed by atoms with Crippen LogP contribution in [0.25, 0.3) is 10.9 Å². The minimum Gasteiger partial charge on any atom is -0.493 e. The SMILES string of the molecule is CCN(CC)CCCOc1cc2ncnc(Oc3ccc(NC(=N)C4(C(=O)Nc5ccc(F)cc5)CCC4)cc3F)c2cc1OC. The van der Waals surface area contributed by atoms with Crippen LogP contribution in [0.2, 0.25) is 0 Å². The summed E-state index contributed by atoms with van der Waals surface area (Å²) in [7, 11) is 1.54. The van der Waals surface area contributed by atoms with Crippen LogP contribution < -0.4 is 24.8 Å². The third kappa shape index (κ3) is 7.17. The summed E-state index contributed by atoms with van der Waals surface area (Å²) in [5, 5.41) is 14.8. The van der Waals surface area contributed by atoms with Crippen molar-refractivity contribution in [1.29, 1.82) is 5.41 Å². The molecule has 0 atom stereocenters. The Balaban J connectivity index is 1.27. The van der Waals surface area contributed by atoms with Crippen molar-refractivity contribution in [3.8, 4) is 23.1 Å². The first-order valence-electron chi connectivity index (χ1n) is 15.3. The van der Waals surface area contributed by atoms with Crippen LogP contribution in [0, 0.1) is 22.5 Å². The van der Waals surface area contributed by atoms with Crippen LogP contribution in [-0.4, -0.2) is 60.0 Å². The molecule has 0 unspecified atom stereocenters. The predicted octanol–water partition coefficient (Wildman–Crippen LogP) is 7.02. The minimum atomic E-state index is -1.09. The Bertz CT molecular complexity index is 1690. The number of hydrogen-bond acceptors (Lipinski definition) is 8. The highest BCUT2D eigenvalue weighted by atomic mass is 19.1. The van der Waals surface area contributed by atoms with E-state index in [9.17, 15) is 9.18 Å². The van der Waals surface area contributed by atoms with Gasteiger partial charge in [-0.15, -0.1) is 0 Å². The molecule has 1 fully saturated rings. The van der Waals surface area contributed by atoms with Crippen LogP contribution in [0.1, 0.15) is 39.5 Å². The molecule has 1 aliphatic rings. The highest BCUT2D eigenvalue weighted by Crippen LogP contribution is 2.43. The van der Waals surface area contributed by atoms with Gasteiger partial charge in [-0.3, -0.25) is 10.2 Å². The van der Waals surface area contributed by atoms with Crippen molar-refractivity contribution in [3.05, 3.63) is 72.6 Å². The molecule has 1 heterocycles. The number of rotatable bonds is 14. The zero-order valence-corrected chi connectivity index (χ0v) is 26.2. The summed E-state index contributed by atoms with van der Waals surface area (Å²) in [5.41, 5.74) is 0.170. The molecule has 5 rings (SSSR count). The summed E-state index contributed by atoms with van der Waals surface area (Å²) in [6, 6.07) is 13.1. The number of anilines is 2. The predicted molar refractivity (Wildman–Crippen MR) is 173 cm³/mol. The highest BCUT2D eigenvalue weighted by Gasteiger charge is 2.48. The Labute approximate surface area is 266 Å². The average Bonchev–Trinajstić information content (AvgIpc) is 3.02. The van der Waals surface area contributed by atoms with E-state index in [2.05, 4.69) is 39.3 Å². The molecule has 3 aromatic carbocycles. The smallest absolute Gasteiger partial charge is 0.238 e. The summed E-state index contributed by atoms with van der Waals surface area (Å²) >= 11 is 0. The molecule has 4 aromatic rings. The quantitative estimate of drug-likeness (QED) is 0.0771. The molecule has 12 heteroatoms. The van der Waals surface area contributed by atoms with Crippen molar-refractivity contribution in [3.63, 3.8) is 0 Å². The lowest BCUT2D eigenvalue weighted by molar-refractivity contribution is -0.125. The zero-order valence-electron chi connectivity index (χ0n) is 26.2. The van der Waals surface area contributed by atoms with Crippen molar-refractivity contribution in [1.82, 2.24) is 14.9 Å². The molecule has 0 bridgehead atoms. The molecule has 1 aliphatic carbocycles. The summed E-state index contributed by atoms with van der Waals surface area (Å²) in [6.45, 7) is 7.67.